The Hall–Kier alpha value is -2.16. The van der Waals surface area contributed by atoms with Crippen LogP contribution in [0.1, 0.15) is 33.2 Å². The number of nitrogens with zero attached hydrogens (tertiary/aromatic N) is 2. The molecule has 0 aromatic carbocycles. The van der Waals surface area contributed by atoms with E-state index in [1.807, 2.05) is 0 Å². The van der Waals surface area contributed by atoms with Gasteiger partial charge >= 0.3 is 12.0 Å². The van der Waals surface area contributed by atoms with Gasteiger partial charge in [0.15, 0.2) is 0 Å². The number of aryl methyl sites for hydroxylation is 1. The maximum absolute atomic E-state index is 12.0. The Balaban J connectivity index is 1.96. The van der Waals surface area contributed by atoms with Gasteiger partial charge in [-0.3, -0.25) is 4.79 Å². The third kappa shape index (κ3) is 3.30. The lowest BCUT2D eigenvalue weighted by molar-refractivity contribution is -0.121. The lowest BCUT2D eigenvalue weighted by Crippen LogP contribution is -2.47. The first-order valence-corrected chi connectivity index (χ1v) is 7.25. The summed E-state index contributed by atoms with van der Waals surface area (Å²) < 4.78 is 0. The van der Waals surface area contributed by atoms with Crippen LogP contribution < -0.4 is 11.1 Å². The van der Waals surface area contributed by atoms with E-state index in [1.54, 1.807) is 6.92 Å². The molecular formula is C12H16N4O4S. The molecule has 1 fully saturated rings. The van der Waals surface area contributed by atoms with Crippen molar-refractivity contribution in [3.05, 3.63) is 15.6 Å². The van der Waals surface area contributed by atoms with Crippen LogP contribution in [0.4, 0.5) is 4.79 Å². The van der Waals surface area contributed by atoms with E-state index in [0.717, 1.165) is 17.8 Å². The van der Waals surface area contributed by atoms with Crippen LogP contribution in [0.5, 0.6) is 0 Å². The molecule has 1 aromatic rings. The molecule has 0 spiro atoms. The molecule has 1 aliphatic heterocycles. The molecule has 9 heteroatoms. The second-order valence-electron chi connectivity index (χ2n) is 4.74. The van der Waals surface area contributed by atoms with Gasteiger partial charge in [-0.05, 0) is 19.8 Å². The van der Waals surface area contributed by atoms with E-state index in [9.17, 15) is 14.4 Å². The number of hydrogen-bond donors (Lipinski definition) is 3. The Bertz CT molecular complexity index is 586. The number of carbonyl (C=O) groups is 3. The SMILES string of the molecule is Cc1nc(CNC(=O)N2CCCC2C(N)=O)sc1C(=O)O. The maximum atomic E-state index is 12.0. The molecule has 0 aliphatic carbocycles. The molecule has 1 aromatic heterocycles. The van der Waals surface area contributed by atoms with Crippen molar-refractivity contribution in [2.75, 3.05) is 6.54 Å². The van der Waals surface area contributed by atoms with Crippen LogP contribution in [-0.2, 0) is 11.3 Å². The van der Waals surface area contributed by atoms with Gasteiger partial charge in [0.25, 0.3) is 0 Å². The summed E-state index contributed by atoms with van der Waals surface area (Å²) >= 11 is 1.02. The zero-order valence-electron chi connectivity index (χ0n) is 11.5. The summed E-state index contributed by atoms with van der Waals surface area (Å²) in [5.41, 5.74) is 5.68. The minimum Gasteiger partial charge on any atom is -0.477 e. The van der Waals surface area contributed by atoms with Crippen LogP contribution in [0.3, 0.4) is 0 Å². The minimum atomic E-state index is -1.03. The molecule has 4 N–H and O–H groups in total. The summed E-state index contributed by atoms with van der Waals surface area (Å²) in [5.74, 6) is -1.54. The number of urea groups is 1. The molecule has 0 bridgehead atoms. The fourth-order valence-corrected chi connectivity index (χ4v) is 3.13. The van der Waals surface area contributed by atoms with Crippen molar-refractivity contribution in [3.63, 3.8) is 0 Å². The fourth-order valence-electron chi connectivity index (χ4n) is 2.28. The Morgan fingerprint density at radius 2 is 2.24 bits per heavy atom. The van der Waals surface area contributed by atoms with Crippen LogP contribution >= 0.6 is 11.3 Å². The fraction of sp³-hybridized carbons (Fsp3) is 0.500. The zero-order valence-corrected chi connectivity index (χ0v) is 12.3. The van der Waals surface area contributed by atoms with Crippen LogP contribution in [0, 0.1) is 6.92 Å². The van der Waals surface area contributed by atoms with Crippen molar-refractivity contribution in [2.24, 2.45) is 5.73 Å². The molecule has 8 nitrogen and oxygen atoms in total. The number of primary amides is 1. The number of amides is 3. The van der Waals surface area contributed by atoms with Gasteiger partial charge in [0.2, 0.25) is 5.91 Å². The number of carboxylic acids is 1. The van der Waals surface area contributed by atoms with E-state index in [-0.39, 0.29) is 17.5 Å². The first kappa shape index (κ1) is 15.2. The largest absolute Gasteiger partial charge is 0.477 e. The summed E-state index contributed by atoms with van der Waals surface area (Å²) in [5, 5.41) is 12.1. The molecule has 1 aliphatic rings. The highest BCUT2D eigenvalue weighted by Gasteiger charge is 2.32. The van der Waals surface area contributed by atoms with Crippen molar-refractivity contribution in [1.29, 1.82) is 0 Å². The molecule has 1 unspecified atom stereocenters. The highest BCUT2D eigenvalue weighted by atomic mass is 32.1. The maximum Gasteiger partial charge on any atom is 0.347 e. The lowest BCUT2D eigenvalue weighted by Gasteiger charge is -2.22. The first-order chi connectivity index (χ1) is 9.90. The summed E-state index contributed by atoms with van der Waals surface area (Å²) in [4.78, 5) is 39.9. The van der Waals surface area contributed by atoms with Crippen LogP contribution in [-0.4, -0.2) is 45.5 Å². The Morgan fingerprint density at radius 1 is 1.52 bits per heavy atom. The predicted octanol–water partition coefficient (Wildman–Crippen LogP) is 0.309. The number of rotatable bonds is 4. The van der Waals surface area contributed by atoms with Crippen molar-refractivity contribution in [3.8, 4) is 0 Å². The second kappa shape index (κ2) is 6.08. The average Bonchev–Trinajstić information content (AvgIpc) is 3.02. The van der Waals surface area contributed by atoms with Crippen molar-refractivity contribution < 1.29 is 19.5 Å². The number of aromatic carboxylic acids is 1. The van der Waals surface area contributed by atoms with Crippen LogP contribution in [0.2, 0.25) is 0 Å². The smallest absolute Gasteiger partial charge is 0.347 e. The lowest BCUT2D eigenvalue weighted by atomic mass is 10.2. The molecule has 21 heavy (non-hydrogen) atoms. The standard InChI is InChI=1S/C12H16N4O4S/c1-6-9(11(18)19)21-8(15-6)5-14-12(20)16-4-2-3-7(16)10(13)17/h7H,2-5H2,1H3,(H2,13,17)(H,14,20)(H,18,19). The van der Waals surface area contributed by atoms with Gasteiger partial charge in [-0.25, -0.2) is 14.6 Å². The predicted molar refractivity (Wildman–Crippen MR) is 75.0 cm³/mol. The zero-order chi connectivity index (χ0) is 15.6. The Morgan fingerprint density at radius 3 is 2.81 bits per heavy atom. The summed E-state index contributed by atoms with van der Waals surface area (Å²) in [6.07, 6.45) is 1.31. The third-order valence-electron chi connectivity index (χ3n) is 3.27. The second-order valence-corrected chi connectivity index (χ2v) is 5.82. The molecule has 1 saturated heterocycles. The number of nitrogens with two attached hydrogens (primary N) is 1. The van der Waals surface area contributed by atoms with Crippen molar-refractivity contribution in [2.45, 2.75) is 32.4 Å². The number of thiazole rings is 1. The normalized spacial score (nSPS) is 17.8. The number of carbonyl (C=O) groups excluding carboxylic acids is 2. The topological polar surface area (TPSA) is 126 Å². The third-order valence-corrected chi connectivity index (χ3v) is 4.41. The molecule has 114 valence electrons. The molecule has 3 amide bonds. The van der Waals surface area contributed by atoms with Crippen LogP contribution in [0.25, 0.3) is 0 Å². The van der Waals surface area contributed by atoms with E-state index in [0.29, 0.717) is 23.7 Å². The van der Waals surface area contributed by atoms with Crippen LogP contribution in [0.15, 0.2) is 0 Å². The number of nitrogens with one attached hydrogen (secondary N) is 1. The van der Waals surface area contributed by atoms with Gasteiger partial charge < -0.3 is 21.1 Å². The van der Waals surface area contributed by atoms with E-state index < -0.39 is 17.9 Å². The van der Waals surface area contributed by atoms with Gasteiger partial charge in [0, 0.05) is 6.54 Å². The summed E-state index contributed by atoms with van der Waals surface area (Å²) in [6.45, 7) is 2.21. The van der Waals surface area contributed by atoms with Gasteiger partial charge in [-0.15, -0.1) is 11.3 Å². The van der Waals surface area contributed by atoms with E-state index in [1.165, 1.54) is 4.90 Å². The summed E-state index contributed by atoms with van der Waals surface area (Å²) in [7, 11) is 0. The highest BCUT2D eigenvalue weighted by molar-refractivity contribution is 7.13. The summed E-state index contributed by atoms with van der Waals surface area (Å²) in [6, 6.07) is -0.960. The highest BCUT2D eigenvalue weighted by Crippen LogP contribution is 2.19. The van der Waals surface area contributed by atoms with Crippen molar-refractivity contribution >= 4 is 29.2 Å². The molecule has 1 atom stereocenters. The van der Waals surface area contributed by atoms with Gasteiger partial charge in [-0.1, -0.05) is 0 Å². The molecule has 0 radical (unpaired) electrons. The van der Waals surface area contributed by atoms with E-state index in [2.05, 4.69) is 10.3 Å². The Kier molecular flexibility index (Phi) is 4.41. The number of aromatic nitrogens is 1. The van der Waals surface area contributed by atoms with Gasteiger partial charge in [0.05, 0.1) is 12.2 Å². The molecule has 2 rings (SSSR count). The number of likely N-dealkylation sites (tertiary alicyclic amines) is 1. The first-order valence-electron chi connectivity index (χ1n) is 6.43. The van der Waals surface area contributed by atoms with E-state index >= 15 is 0 Å². The average molecular weight is 312 g/mol. The van der Waals surface area contributed by atoms with Gasteiger partial charge in [0.1, 0.15) is 15.9 Å². The Labute approximate surface area is 124 Å². The minimum absolute atomic E-state index is 0.125. The molecular weight excluding hydrogens is 296 g/mol. The molecule has 2 heterocycles. The quantitative estimate of drug-likeness (QED) is 0.737. The number of hydrogen-bond acceptors (Lipinski definition) is 5. The monoisotopic (exact) mass is 312 g/mol. The van der Waals surface area contributed by atoms with Crippen molar-refractivity contribution in [1.82, 2.24) is 15.2 Å². The number of carboxylic acid groups (broad SMARTS) is 1. The van der Waals surface area contributed by atoms with Gasteiger partial charge in [-0.2, -0.15) is 0 Å². The van der Waals surface area contributed by atoms with E-state index in [4.69, 9.17) is 10.8 Å². The molecule has 0 saturated carbocycles.